The molecule has 0 spiro atoms. The van der Waals surface area contributed by atoms with Crippen LogP contribution in [0.1, 0.15) is 27.2 Å². The molecule has 0 aromatic rings. The fourth-order valence-corrected chi connectivity index (χ4v) is 2.19. The van der Waals surface area contributed by atoms with Gasteiger partial charge in [-0.2, -0.15) is 0 Å². The molecule has 15 heavy (non-hydrogen) atoms. The Labute approximate surface area is 90.6 Å². The minimum Gasteiger partial charge on any atom is -0.389 e. The summed E-state index contributed by atoms with van der Waals surface area (Å²) in [5.74, 6) is 5.16. The summed E-state index contributed by atoms with van der Waals surface area (Å²) in [5.41, 5.74) is 1.51. The Bertz CT molecular complexity index is 241. The number of carbonyl (C=O) groups is 1. The lowest BCUT2D eigenvalue weighted by molar-refractivity contribution is -0.128. The first-order valence-electron chi connectivity index (χ1n) is 5.34. The molecule has 1 aliphatic rings. The average molecular weight is 215 g/mol. The van der Waals surface area contributed by atoms with Crippen LogP contribution in [0.4, 0.5) is 0 Å². The largest absolute Gasteiger partial charge is 0.389 e. The molecule has 0 bridgehead atoms. The van der Waals surface area contributed by atoms with Gasteiger partial charge in [0.15, 0.2) is 0 Å². The summed E-state index contributed by atoms with van der Waals surface area (Å²) in [6.45, 7) is 7.02. The summed E-state index contributed by atoms with van der Waals surface area (Å²) >= 11 is 0. The number of likely N-dealkylation sites (tertiary alicyclic amines) is 1. The second kappa shape index (κ2) is 4.47. The van der Waals surface area contributed by atoms with E-state index in [0.29, 0.717) is 13.0 Å². The van der Waals surface area contributed by atoms with Gasteiger partial charge < -0.3 is 5.11 Å². The van der Waals surface area contributed by atoms with E-state index in [1.807, 2.05) is 18.7 Å². The van der Waals surface area contributed by atoms with Crippen molar-refractivity contribution in [1.29, 1.82) is 0 Å². The van der Waals surface area contributed by atoms with E-state index in [0.717, 1.165) is 6.54 Å². The van der Waals surface area contributed by atoms with Crippen LogP contribution in [0.2, 0.25) is 0 Å². The molecule has 2 unspecified atom stereocenters. The van der Waals surface area contributed by atoms with E-state index in [1.54, 1.807) is 6.92 Å². The molecule has 1 rings (SSSR count). The van der Waals surface area contributed by atoms with Crippen LogP contribution in [0.25, 0.3) is 0 Å². The van der Waals surface area contributed by atoms with E-state index >= 15 is 0 Å². The second-order valence-electron chi connectivity index (χ2n) is 4.91. The Balaban J connectivity index is 2.70. The topological polar surface area (TPSA) is 78.6 Å². The van der Waals surface area contributed by atoms with Crippen LogP contribution in [0.3, 0.4) is 0 Å². The lowest BCUT2D eigenvalue weighted by Crippen LogP contribution is -2.51. The van der Waals surface area contributed by atoms with Gasteiger partial charge in [0.25, 0.3) is 5.91 Å². The highest BCUT2D eigenvalue weighted by molar-refractivity contribution is 5.81. The first-order valence-corrected chi connectivity index (χ1v) is 5.34. The van der Waals surface area contributed by atoms with E-state index in [4.69, 9.17) is 5.84 Å². The number of aliphatic hydroxyl groups is 1. The third-order valence-electron chi connectivity index (χ3n) is 2.92. The van der Waals surface area contributed by atoms with Crippen molar-refractivity contribution in [2.45, 2.75) is 38.8 Å². The summed E-state index contributed by atoms with van der Waals surface area (Å²) in [6.07, 6.45) is 0.702. The van der Waals surface area contributed by atoms with Gasteiger partial charge in [-0.25, -0.2) is 5.84 Å². The van der Waals surface area contributed by atoms with Gasteiger partial charge in [-0.05, 0) is 19.3 Å². The molecule has 4 N–H and O–H groups in total. The highest BCUT2D eigenvalue weighted by Crippen LogP contribution is 2.24. The molecule has 88 valence electrons. The monoisotopic (exact) mass is 215 g/mol. The number of nitrogens with two attached hydrogens (primary N) is 1. The number of hydrazine groups is 1. The summed E-state index contributed by atoms with van der Waals surface area (Å²) in [6, 6.07) is -0.246. The highest BCUT2D eigenvalue weighted by Gasteiger charge is 2.38. The van der Waals surface area contributed by atoms with Crippen molar-refractivity contribution in [3.8, 4) is 0 Å². The highest BCUT2D eigenvalue weighted by atomic mass is 16.3. The molecule has 0 aromatic carbocycles. The fraction of sp³-hybridized carbons (Fsp3) is 0.900. The van der Waals surface area contributed by atoms with Crippen LogP contribution in [0, 0.1) is 5.92 Å². The van der Waals surface area contributed by atoms with Crippen molar-refractivity contribution >= 4 is 5.91 Å². The lowest BCUT2D eigenvalue weighted by Gasteiger charge is -2.29. The molecular formula is C10H21N3O2. The zero-order valence-electron chi connectivity index (χ0n) is 9.66. The molecule has 0 aliphatic carbocycles. The number of nitrogens with one attached hydrogen (secondary N) is 1. The second-order valence-corrected chi connectivity index (χ2v) is 4.91. The number of carbonyl (C=O) groups excluding carboxylic acids is 1. The van der Waals surface area contributed by atoms with Gasteiger partial charge in [-0.15, -0.1) is 0 Å². The SMILES string of the molecule is CC(C)C(C(=O)NN)N1CCC(C)(O)C1. The minimum atomic E-state index is -0.679. The van der Waals surface area contributed by atoms with E-state index in [1.165, 1.54) is 0 Å². The van der Waals surface area contributed by atoms with Crippen molar-refractivity contribution < 1.29 is 9.90 Å². The van der Waals surface area contributed by atoms with E-state index < -0.39 is 5.60 Å². The van der Waals surface area contributed by atoms with Crippen molar-refractivity contribution in [2.24, 2.45) is 11.8 Å². The van der Waals surface area contributed by atoms with Crippen LogP contribution in [-0.4, -0.2) is 40.6 Å². The van der Waals surface area contributed by atoms with Crippen LogP contribution in [-0.2, 0) is 4.79 Å². The number of amides is 1. The Morgan fingerprint density at radius 1 is 1.60 bits per heavy atom. The van der Waals surface area contributed by atoms with Crippen LogP contribution in [0.5, 0.6) is 0 Å². The van der Waals surface area contributed by atoms with Gasteiger partial charge in [0.1, 0.15) is 0 Å². The molecule has 1 amide bonds. The molecule has 5 heteroatoms. The van der Waals surface area contributed by atoms with E-state index in [-0.39, 0.29) is 17.9 Å². The molecule has 0 saturated carbocycles. The maximum absolute atomic E-state index is 11.6. The van der Waals surface area contributed by atoms with Gasteiger partial charge in [-0.3, -0.25) is 15.1 Å². The van der Waals surface area contributed by atoms with Crippen molar-refractivity contribution in [2.75, 3.05) is 13.1 Å². The van der Waals surface area contributed by atoms with Crippen molar-refractivity contribution in [1.82, 2.24) is 10.3 Å². The van der Waals surface area contributed by atoms with E-state index in [9.17, 15) is 9.90 Å². The number of hydrogen-bond donors (Lipinski definition) is 3. The summed E-state index contributed by atoms with van der Waals surface area (Å²) in [4.78, 5) is 13.6. The summed E-state index contributed by atoms with van der Waals surface area (Å²) < 4.78 is 0. The average Bonchev–Trinajstić information content (AvgIpc) is 2.45. The molecule has 1 heterocycles. The third-order valence-corrected chi connectivity index (χ3v) is 2.92. The Hall–Kier alpha value is -0.650. The van der Waals surface area contributed by atoms with Crippen LogP contribution < -0.4 is 11.3 Å². The number of hydrogen-bond acceptors (Lipinski definition) is 4. The van der Waals surface area contributed by atoms with Gasteiger partial charge in [-0.1, -0.05) is 13.8 Å². The van der Waals surface area contributed by atoms with Crippen LogP contribution >= 0.6 is 0 Å². The van der Waals surface area contributed by atoms with Crippen LogP contribution in [0.15, 0.2) is 0 Å². The molecule has 0 radical (unpaired) electrons. The Morgan fingerprint density at radius 2 is 2.20 bits per heavy atom. The smallest absolute Gasteiger partial charge is 0.251 e. The normalized spacial score (nSPS) is 29.5. The Morgan fingerprint density at radius 3 is 2.53 bits per heavy atom. The predicted octanol–water partition coefficient (Wildman–Crippen LogP) is -0.542. The number of β-amino-alcohol motifs (C(OH)–C–C–N with tert-alkyl or cyclic N) is 1. The summed E-state index contributed by atoms with van der Waals surface area (Å²) in [7, 11) is 0. The molecule has 1 fully saturated rings. The molecular weight excluding hydrogens is 194 g/mol. The zero-order chi connectivity index (χ0) is 11.6. The zero-order valence-corrected chi connectivity index (χ0v) is 9.66. The van der Waals surface area contributed by atoms with Gasteiger partial charge in [0.2, 0.25) is 0 Å². The third kappa shape index (κ3) is 2.90. The fourth-order valence-electron chi connectivity index (χ4n) is 2.19. The summed E-state index contributed by atoms with van der Waals surface area (Å²) in [5, 5.41) is 9.85. The molecule has 0 aromatic heterocycles. The maximum atomic E-state index is 11.6. The first kappa shape index (κ1) is 12.4. The first-order chi connectivity index (χ1) is 6.87. The molecule has 1 saturated heterocycles. The Kier molecular flexibility index (Phi) is 3.70. The van der Waals surface area contributed by atoms with Crippen molar-refractivity contribution in [3.05, 3.63) is 0 Å². The standard InChI is InChI=1S/C10H21N3O2/c1-7(2)8(9(14)12-11)13-5-4-10(3,15)6-13/h7-8,15H,4-6,11H2,1-3H3,(H,12,14). The molecule has 1 aliphatic heterocycles. The lowest BCUT2D eigenvalue weighted by atomic mass is 10.0. The molecule has 2 atom stereocenters. The van der Waals surface area contributed by atoms with Gasteiger partial charge in [0.05, 0.1) is 11.6 Å². The van der Waals surface area contributed by atoms with Gasteiger partial charge in [0, 0.05) is 13.1 Å². The van der Waals surface area contributed by atoms with Crippen molar-refractivity contribution in [3.63, 3.8) is 0 Å². The quantitative estimate of drug-likeness (QED) is 0.335. The number of rotatable bonds is 3. The number of nitrogens with zero attached hydrogens (tertiary/aromatic N) is 1. The maximum Gasteiger partial charge on any atom is 0.251 e. The minimum absolute atomic E-state index is 0.178. The van der Waals surface area contributed by atoms with E-state index in [2.05, 4.69) is 5.43 Å². The molecule has 5 nitrogen and oxygen atoms in total. The predicted molar refractivity (Wildman–Crippen MR) is 57.8 cm³/mol. The van der Waals surface area contributed by atoms with Gasteiger partial charge >= 0.3 is 0 Å².